The standard InChI is InChI=1S/C17H23N5O.ClH/c1-22-12-16(11-19-22)20-14-3-2-4-15(9-14)21-17(23)6-5-13-7-8-18-10-13;/h2-4,9,11-13,18,20H,5-8,10H2,1H3,(H,21,23);1H. The number of benzene rings is 1. The molecule has 130 valence electrons. The summed E-state index contributed by atoms with van der Waals surface area (Å²) in [5.74, 6) is 0.717. The van der Waals surface area contributed by atoms with Gasteiger partial charge in [0.25, 0.3) is 0 Å². The van der Waals surface area contributed by atoms with E-state index in [1.165, 1.54) is 6.42 Å². The summed E-state index contributed by atoms with van der Waals surface area (Å²) in [4.78, 5) is 12.1. The molecule has 3 rings (SSSR count). The van der Waals surface area contributed by atoms with Gasteiger partial charge in [-0.25, -0.2) is 0 Å². The maximum atomic E-state index is 12.1. The third-order valence-corrected chi connectivity index (χ3v) is 4.08. The second kappa shape index (κ2) is 8.70. The van der Waals surface area contributed by atoms with E-state index in [0.717, 1.165) is 36.6 Å². The molecule has 2 aromatic rings. The number of nitrogens with one attached hydrogen (secondary N) is 3. The lowest BCUT2D eigenvalue weighted by Crippen LogP contribution is -2.15. The van der Waals surface area contributed by atoms with Crippen molar-refractivity contribution in [1.82, 2.24) is 15.1 Å². The highest BCUT2D eigenvalue weighted by Crippen LogP contribution is 2.20. The molecule has 1 atom stereocenters. The zero-order valence-electron chi connectivity index (χ0n) is 13.8. The van der Waals surface area contributed by atoms with Gasteiger partial charge in [-0.15, -0.1) is 12.4 Å². The number of aromatic nitrogens is 2. The van der Waals surface area contributed by atoms with Crippen LogP contribution >= 0.6 is 12.4 Å². The van der Waals surface area contributed by atoms with E-state index in [9.17, 15) is 4.79 Å². The van der Waals surface area contributed by atoms with E-state index >= 15 is 0 Å². The predicted molar refractivity (Wildman–Crippen MR) is 99.0 cm³/mol. The summed E-state index contributed by atoms with van der Waals surface area (Å²) in [6.45, 7) is 2.12. The number of hydrogen-bond acceptors (Lipinski definition) is 4. The van der Waals surface area contributed by atoms with Gasteiger partial charge in [0.05, 0.1) is 11.9 Å². The fourth-order valence-electron chi connectivity index (χ4n) is 2.85. The first-order valence-electron chi connectivity index (χ1n) is 8.05. The lowest BCUT2D eigenvalue weighted by molar-refractivity contribution is -0.116. The van der Waals surface area contributed by atoms with E-state index in [0.29, 0.717) is 12.3 Å². The van der Waals surface area contributed by atoms with Gasteiger partial charge in [-0.1, -0.05) is 6.07 Å². The fourth-order valence-corrected chi connectivity index (χ4v) is 2.85. The Hall–Kier alpha value is -2.05. The molecule has 1 aliphatic heterocycles. The van der Waals surface area contributed by atoms with Crippen LogP contribution in [0.1, 0.15) is 19.3 Å². The summed E-state index contributed by atoms with van der Waals surface area (Å²) in [7, 11) is 1.88. The summed E-state index contributed by atoms with van der Waals surface area (Å²) in [6.07, 6.45) is 6.37. The second-order valence-electron chi connectivity index (χ2n) is 6.05. The van der Waals surface area contributed by atoms with Crippen LogP contribution in [0, 0.1) is 5.92 Å². The van der Waals surface area contributed by atoms with Crippen molar-refractivity contribution < 1.29 is 4.79 Å². The van der Waals surface area contributed by atoms with Gasteiger partial charge in [0.2, 0.25) is 5.91 Å². The number of anilines is 3. The third-order valence-electron chi connectivity index (χ3n) is 4.08. The highest BCUT2D eigenvalue weighted by molar-refractivity contribution is 5.91. The Kier molecular flexibility index (Phi) is 6.63. The minimum atomic E-state index is 0. The van der Waals surface area contributed by atoms with Gasteiger partial charge in [-0.2, -0.15) is 5.10 Å². The van der Waals surface area contributed by atoms with Gasteiger partial charge < -0.3 is 16.0 Å². The van der Waals surface area contributed by atoms with Crippen molar-refractivity contribution in [1.29, 1.82) is 0 Å². The number of amides is 1. The van der Waals surface area contributed by atoms with Crippen LogP contribution in [-0.4, -0.2) is 28.8 Å². The van der Waals surface area contributed by atoms with Crippen molar-refractivity contribution in [3.63, 3.8) is 0 Å². The highest BCUT2D eigenvalue weighted by atomic mass is 35.5. The van der Waals surface area contributed by atoms with Crippen LogP contribution < -0.4 is 16.0 Å². The molecular weight excluding hydrogens is 326 g/mol. The number of rotatable bonds is 6. The second-order valence-corrected chi connectivity index (χ2v) is 6.05. The monoisotopic (exact) mass is 349 g/mol. The molecule has 1 saturated heterocycles. The van der Waals surface area contributed by atoms with Gasteiger partial charge in [0.15, 0.2) is 0 Å². The SMILES string of the molecule is Cl.Cn1cc(Nc2cccc(NC(=O)CCC3CCNC3)c2)cn1. The smallest absolute Gasteiger partial charge is 0.224 e. The number of aryl methyl sites for hydroxylation is 1. The molecule has 0 saturated carbocycles. The summed E-state index contributed by atoms with van der Waals surface area (Å²) >= 11 is 0. The van der Waals surface area contributed by atoms with Crippen molar-refractivity contribution in [2.45, 2.75) is 19.3 Å². The Morgan fingerprint density at radius 2 is 2.21 bits per heavy atom. The Morgan fingerprint density at radius 3 is 2.92 bits per heavy atom. The topological polar surface area (TPSA) is 71.0 Å². The van der Waals surface area contributed by atoms with Gasteiger partial charge in [0, 0.05) is 31.0 Å². The zero-order chi connectivity index (χ0) is 16.1. The fraction of sp³-hybridized carbons (Fsp3) is 0.412. The van der Waals surface area contributed by atoms with E-state index in [1.807, 2.05) is 37.5 Å². The van der Waals surface area contributed by atoms with E-state index in [1.54, 1.807) is 10.9 Å². The van der Waals surface area contributed by atoms with Crippen LogP contribution in [-0.2, 0) is 11.8 Å². The summed E-state index contributed by atoms with van der Waals surface area (Å²) < 4.78 is 1.74. The molecule has 24 heavy (non-hydrogen) atoms. The van der Waals surface area contributed by atoms with Crippen LogP contribution in [0.2, 0.25) is 0 Å². The van der Waals surface area contributed by atoms with Crippen molar-refractivity contribution in [3.8, 4) is 0 Å². The van der Waals surface area contributed by atoms with E-state index in [2.05, 4.69) is 21.0 Å². The Balaban J connectivity index is 0.00000208. The lowest BCUT2D eigenvalue weighted by Gasteiger charge is -2.10. The molecule has 6 nitrogen and oxygen atoms in total. The zero-order valence-corrected chi connectivity index (χ0v) is 14.6. The number of carbonyl (C=O) groups is 1. The molecule has 7 heteroatoms. The van der Waals surface area contributed by atoms with Crippen molar-refractivity contribution in [2.75, 3.05) is 23.7 Å². The van der Waals surface area contributed by atoms with Crippen LogP contribution in [0.5, 0.6) is 0 Å². The Morgan fingerprint density at radius 1 is 1.38 bits per heavy atom. The molecule has 3 N–H and O–H groups in total. The maximum Gasteiger partial charge on any atom is 0.224 e. The normalized spacial score (nSPS) is 16.5. The third kappa shape index (κ3) is 5.25. The number of halogens is 1. The molecule has 1 fully saturated rings. The van der Waals surface area contributed by atoms with Crippen LogP contribution in [0.4, 0.5) is 17.1 Å². The van der Waals surface area contributed by atoms with Gasteiger partial charge in [-0.05, 0) is 50.0 Å². The first-order chi connectivity index (χ1) is 11.2. The van der Waals surface area contributed by atoms with Crippen molar-refractivity contribution in [3.05, 3.63) is 36.7 Å². The van der Waals surface area contributed by atoms with Crippen molar-refractivity contribution in [2.24, 2.45) is 13.0 Å². The highest BCUT2D eigenvalue weighted by Gasteiger charge is 2.15. The number of carbonyl (C=O) groups excluding carboxylic acids is 1. The van der Waals surface area contributed by atoms with Gasteiger partial charge >= 0.3 is 0 Å². The quantitative estimate of drug-likeness (QED) is 0.750. The predicted octanol–water partition coefficient (Wildman–Crippen LogP) is 2.91. The molecular formula is C17H24ClN5O. The molecule has 0 radical (unpaired) electrons. The lowest BCUT2D eigenvalue weighted by atomic mass is 10.0. The first-order valence-corrected chi connectivity index (χ1v) is 8.05. The Bertz CT molecular complexity index is 667. The molecule has 2 heterocycles. The van der Waals surface area contributed by atoms with E-state index in [4.69, 9.17) is 0 Å². The largest absolute Gasteiger partial charge is 0.353 e. The van der Waals surface area contributed by atoms with E-state index < -0.39 is 0 Å². The van der Waals surface area contributed by atoms with E-state index in [-0.39, 0.29) is 18.3 Å². The molecule has 1 unspecified atom stereocenters. The Labute approximate surface area is 148 Å². The van der Waals surface area contributed by atoms with Gasteiger partial charge in [-0.3, -0.25) is 9.48 Å². The maximum absolute atomic E-state index is 12.1. The van der Waals surface area contributed by atoms with Crippen molar-refractivity contribution >= 4 is 35.4 Å². The molecule has 1 aromatic carbocycles. The molecule has 1 aromatic heterocycles. The molecule has 1 aliphatic rings. The summed E-state index contributed by atoms with van der Waals surface area (Å²) in [6, 6.07) is 7.73. The first kappa shape index (κ1) is 18.3. The average Bonchev–Trinajstić information content (AvgIpc) is 3.17. The number of hydrogen-bond donors (Lipinski definition) is 3. The summed E-state index contributed by atoms with van der Waals surface area (Å²) in [5.41, 5.74) is 2.66. The molecule has 1 amide bonds. The molecule has 0 bridgehead atoms. The average molecular weight is 350 g/mol. The molecule has 0 aliphatic carbocycles. The van der Waals surface area contributed by atoms with Crippen LogP contribution in [0.25, 0.3) is 0 Å². The minimum Gasteiger partial charge on any atom is -0.353 e. The number of nitrogens with zero attached hydrogens (tertiary/aromatic N) is 2. The minimum absolute atomic E-state index is 0. The van der Waals surface area contributed by atoms with Gasteiger partial charge in [0.1, 0.15) is 0 Å². The molecule has 0 spiro atoms. The summed E-state index contributed by atoms with van der Waals surface area (Å²) in [5, 5.41) is 13.7. The van der Waals surface area contributed by atoms with Crippen LogP contribution in [0.15, 0.2) is 36.7 Å². The van der Waals surface area contributed by atoms with Crippen LogP contribution in [0.3, 0.4) is 0 Å².